The second kappa shape index (κ2) is 37.7. The fourth-order valence-electron chi connectivity index (χ4n) is 6.31. The van der Waals surface area contributed by atoms with E-state index in [1.807, 2.05) is 18.2 Å². The molecule has 1 fully saturated rings. The van der Waals surface area contributed by atoms with Crippen LogP contribution in [-0.4, -0.2) is 121 Å². The summed E-state index contributed by atoms with van der Waals surface area (Å²) in [6.45, 7) is 2.79. The van der Waals surface area contributed by atoms with E-state index in [-0.39, 0.29) is 32.1 Å². The van der Waals surface area contributed by atoms with Crippen molar-refractivity contribution in [3.63, 3.8) is 0 Å². The lowest BCUT2D eigenvalue weighted by molar-refractivity contribution is -0.220. The Morgan fingerprint density at radius 2 is 0.985 bits per heavy atom. The van der Waals surface area contributed by atoms with Crippen molar-refractivity contribution in [2.45, 2.75) is 184 Å². The van der Waals surface area contributed by atoms with Gasteiger partial charge in [0, 0.05) is 12.8 Å². The van der Waals surface area contributed by atoms with Gasteiger partial charge >= 0.3 is 19.8 Å². The third-order valence-electron chi connectivity index (χ3n) is 10.1. The molecule has 65 heavy (non-hydrogen) atoms. The second-order valence-corrected chi connectivity index (χ2v) is 17.2. The van der Waals surface area contributed by atoms with Gasteiger partial charge in [-0.15, -0.1) is 0 Å². The number of carbonyl (C=O) groups is 2. The number of unbranched alkanes of at least 4 members (excludes halogenated alkanes) is 4. The standard InChI is InChI=1S/C49H79O15P/c1-3-5-7-9-11-13-15-17-18-19-20-21-23-25-27-29-31-35-42(52)61-37-39(38-62-65(59,60)64-49-47(57)45(55)44(54)46(56)48(49)58)63-43(53)36-32-34-41(51)40(50)33-30-28-26-24-22-16-14-12-10-8-6-4-2/h5-8,11-14,17-18,20-22,24,28,30,39-41,44-51,54-58H,3-4,9-10,15-16,19,23,25-27,29,31-38H2,1-2H3,(H,59,60)/b7-5-,8-6-,13-11-,14-12-,18-17-,21-20-,24-22-,30-28-/t39-,40-,41-,44?,45-,46+,47-,48-,49?/m1/s1. The smallest absolute Gasteiger partial charge is 0.462 e. The van der Waals surface area contributed by atoms with E-state index in [1.54, 1.807) is 6.08 Å². The molecule has 1 aliphatic carbocycles. The van der Waals surface area contributed by atoms with Gasteiger partial charge in [0.1, 0.15) is 43.2 Å². The third-order valence-corrected chi connectivity index (χ3v) is 11.1. The second-order valence-electron chi connectivity index (χ2n) is 15.8. The van der Waals surface area contributed by atoms with Crippen molar-refractivity contribution in [1.82, 2.24) is 0 Å². The molecule has 1 aliphatic rings. The number of phosphoric acid groups is 1. The maximum absolute atomic E-state index is 12.8. The van der Waals surface area contributed by atoms with Crippen molar-refractivity contribution in [1.29, 1.82) is 0 Å². The summed E-state index contributed by atoms with van der Waals surface area (Å²) in [4.78, 5) is 35.8. The summed E-state index contributed by atoms with van der Waals surface area (Å²) in [6.07, 6.45) is 28.9. The summed E-state index contributed by atoms with van der Waals surface area (Å²) in [5.41, 5.74) is 0. The molecule has 370 valence electrons. The van der Waals surface area contributed by atoms with Crippen LogP contribution in [0, 0.1) is 0 Å². The Hall–Kier alpha value is -3.31. The molecule has 0 aromatic carbocycles. The quantitative estimate of drug-likeness (QED) is 0.0136. The summed E-state index contributed by atoms with van der Waals surface area (Å²) in [6, 6.07) is 0. The lowest BCUT2D eigenvalue weighted by Crippen LogP contribution is -2.64. The Morgan fingerprint density at radius 3 is 1.51 bits per heavy atom. The first-order chi connectivity index (χ1) is 31.2. The van der Waals surface area contributed by atoms with Gasteiger partial charge in [0.2, 0.25) is 0 Å². The van der Waals surface area contributed by atoms with Crippen molar-refractivity contribution < 1.29 is 73.3 Å². The number of allylic oxidation sites excluding steroid dienone is 15. The van der Waals surface area contributed by atoms with Crippen molar-refractivity contribution in [2.24, 2.45) is 0 Å². The van der Waals surface area contributed by atoms with E-state index < -0.39 is 87.9 Å². The summed E-state index contributed by atoms with van der Waals surface area (Å²) >= 11 is 0. The van der Waals surface area contributed by atoms with E-state index in [1.165, 1.54) is 0 Å². The molecule has 0 aromatic rings. The van der Waals surface area contributed by atoms with Crippen LogP contribution in [0.25, 0.3) is 0 Å². The maximum atomic E-state index is 12.8. The number of esters is 2. The van der Waals surface area contributed by atoms with Crippen LogP contribution in [-0.2, 0) is 32.7 Å². The Labute approximate surface area is 386 Å². The molecule has 15 nitrogen and oxygen atoms in total. The van der Waals surface area contributed by atoms with Gasteiger partial charge in [0.05, 0.1) is 18.8 Å². The molecule has 0 aliphatic heterocycles. The Bertz CT molecular complexity index is 1540. The highest BCUT2D eigenvalue weighted by Crippen LogP contribution is 2.47. The lowest BCUT2D eigenvalue weighted by Gasteiger charge is -2.41. The van der Waals surface area contributed by atoms with Gasteiger partial charge in [0.25, 0.3) is 0 Å². The van der Waals surface area contributed by atoms with E-state index in [0.29, 0.717) is 12.8 Å². The van der Waals surface area contributed by atoms with Gasteiger partial charge < -0.3 is 50.1 Å². The zero-order chi connectivity index (χ0) is 48.1. The summed E-state index contributed by atoms with van der Waals surface area (Å²) in [5, 5.41) is 71.0. The Kier molecular flexibility index (Phi) is 34.7. The molecule has 0 bridgehead atoms. The molecule has 1 rings (SSSR count). The minimum absolute atomic E-state index is 0.0571. The Morgan fingerprint density at radius 1 is 0.538 bits per heavy atom. The predicted molar refractivity (Wildman–Crippen MR) is 251 cm³/mol. The van der Waals surface area contributed by atoms with Gasteiger partial charge in [-0.1, -0.05) is 124 Å². The van der Waals surface area contributed by atoms with Crippen molar-refractivity contribution >= 4 is 19.8 Å². The van der Waals surface area contributed by atoms with Crippen LogP contribution < -0.4 is 0 Å². The van der Waals surface area contributed by atoms with Crippen LogP contribution >= 0.6 is 7.82 Å². The van der Waals surface area contributed by atoms with Gasteiger partial charge in [-0.3, -0.25) is 18.6 Å². The van der Waals surface area contributed by atoms with Gasteiger partial charge in [-0.2, -0.15) is 0 Å². The zero-order valence-electron chi connectivity index (χ0n) is 38.5. The van der Waals surface area contributed by atoms with E-state index in [0.717, 1.165) is 70.6 Å². The van der Waals surface area contributed by atoms with E-state index in [4.69, 9.17) is 18.5 Å². The van der Waals surface area contributed by atoms with Crippen LogP contribution in [0.15, 0.2) is 97.2 Å². The molecule has 0 heterocycles. The largest absolute Gasteiger partial charge is 0.472 e. The number of phosphoric ester groups is 1. The highest BCUT2D eigenvalue weighted by atomic mass is 31.2. The summed E-state index contributed by atoms with van der Waals surface area (Å²) < 4.78 is 33.3. The average molecular weight is 939 g/mol. The van der Waals surface area contributed by atoms with Crippen LogP contribution in [0.5, 0.6) is 0 Å². The fourth-order valence-corrected chi connectivity index (χ4v) is 7.28. The van der Waals surface area contributed by atoms with E-state index in [9.17, 15) is 54.8 Å². The molecule has 10 atom stereocenters. The van der Waals surface area contributed by atoms with E-state index in [2.05, 4.69) is 86.8 Å². The minimum Gasteiger partial charge on any atom is -0.462 e. The Balaban J connectivity index is 2.60. The number of hydrogen-bond donors (Lipinski definition) is 8. The lowest BCUT2D eigenvalue weighted by atomic mass is 9.85. The predicted octanol–water partition coefficient (Wildman–Crippen LogP) is 6.99. The van der Waals surface area contributed by atoms with Crippen LogP contribution in [0.1, 0.15) is 129 Å². The average Bonchev–Trinajstić information content (AvgIpc) is 3.28. The molecule has 1 saturated carbocycles. The summed E-state index contributed by atoms with van der Waals surface area (Å²) in [7, 11) is -5.21. The molecular weight excluding hydrogens is 859 g/mol. The first-order valence-corrected chi connectivity index (χ1v) is 24.7. The SMILES string of the molecule is CC/C=C\C/C=C\C/C=C\C/C=C\CCCCCCC(=O)OC[C@H](COP(=O)(O)OC1[C@H](O)[C@H](O)C(O)[C@H](O)[C@H]1O)OC(=O)CCC[C@@H](O)[C@H](O)C/C=C\C/C=C\C/C=C\C/C=C\CC. The van der Waals surface area contributed by atoms with Crippen molar-refractivity contribution in [3.05, 3.63) is 97.2 Å². The fraction of sp³-hybridized carbons (Fsp3) is 0.633. The van der Waals surface area contributed by atoms with Gasteiger partial charge in [0.15, 0.2) is 6.10 Å². The van der Waals surface area contributed by atoms with E-state index >= 15 is 0 Å². The van der Waals surface area contributed by atoms with Crippen LogP contribution in [0.4, 0.5) is 0 Å². The minimum atomic E-state index is -5.21. The molecule has 0 amide bonds. The molecule has 0 saturated heterocycles. The number of hydrogen-bond acceptors (Lipinski definition) is 14. The highest BCUT2D eigenvalue weighted by Gasteiger charge is 2.51. The van der Waals surface area contributed by atoms with Crippen LogP contribution in [0.2, 0.25) is 0 Å². The third kappa shape index (κ3) is 29.8. The van der Waals surface area contributed by atoms with Gasteiger partial charge in [-0.05, 0) is 89.9 Å². The number of carbonyl (C=O) groups excluding carboxylic acids is 2. The monoisotopic (exact) mass is 939 g/mol. The molecule has 0 spiro atoms. The number of rotatable bonds is 36. The summed E-state index contributed by atoms with van der Waals surface area (Å²) in [5.74, 6) is -1.43. The highest BCUT2D eigenvalue weighted by molar-refractivity contribution is 7.47. The molecule has 16 heteroatoms. The molecule has 0 aromatic heterocycles. The maximum Gasteiger partial charge on any atom is 0.472 e. The first kappa shape index (κ1) is 59.7. The molecule has 3 unspecified atom stereocenters. The number of ether oxygens (including phenoxy) is 2. The van der Waals surface area contributed by atoms with Gasteiger partial charge in [-0.25, -0.2) is 4.57 Å². The zero-order valence-corrected chi connectivity index (χ0v) is 39.4. The first-order valence-electron chi connectivity index (χ1n) is 23.2. The normalized spacial score (nSPS) is 23.3. The topological polar surface area (TPSA) is 250 Å². The number of aliphatic hydroxyl groups is 7. The molecular formula is C49H79O15P. The van der Waals surface area contributed by atoms with Crippen molar-refractivity contribution in [3.8, 4) is 0 Å². The van der Waals surface area contributed by atoms with Crippen molar-refractivity contribution in [2.75, 3.05) is 13.2 Å². The molecule has 8 N–H and O–H groups in total. The molecule has 0 radical (unpaired) electrons. The number of aliphatic hydroxyl groups excluding tert-OH is 7. The van der Waals surface area contributed by atoms with Crippen LogP contribution in [0.3, 0.4) is 0 Å².